The Hall–Kier alpha value is -1.03. The summed E-state index contributed by atoms with van der Waals surface area (Å²) >= 11 is 0. The average Bonchev–Trinajstić information content (AvgIpc) is 3.20. The van der Waals surface area contributed by atoms with Crippen LogP contribution in [0.5, 0.6) is 5.75 Å². The summed E-state index contributed by atoms with van der Waals surface area (Å²) in [5, 5.41) is -1.02. The van der Waals surface area contributed by atoms with Crippen LogP contribution >= 0.6 is 0 Å². The Morgan fingerprint density at radius 2 is 0.800 bits per heavy atom. The number of hydrogen-bond donors (Lipinski definition) is 0. The maximum atomic E-state index is 6.82. The van der Waals surface area contributed by atoms with E-state index in [2.05, 4.69) is 95.2 Å². The molecule has 0 unspecified atom stereocenters. The molecule has 40 heavy (non-hydrogen) atoms. The van der Waals surface area contributed by atoms with E-state index in [0.29, 0.717) is 6.42 Å². The molecule has 0 atom stereocenters. The lowest BCUT2D eigenvalue weighted by atomic mass is 9.23. The molecule has 4 rings (SSSR count). The van der Waals surface area contributed by atoms with Crippen molar-refractivity contribution in [2.24, 2.45) is 0 Å². The zero-order valence-corrected chi connectivity index (χ0v) is 27.6. The summed E-state index contributed by atoms with van der Waals surface area (Å²) in [7, 11) is -2.23. The first kappa shape index (κ1) is 31.9. The topological polar surface area (TPSA) is 64.6 Å². The number of rotatable bonds is 6. The number of hydrogen-bond acceptors (Lipinski definition) is 7. The second-order valence-corrected chi connectivity index (χ2v) is 15.9. The summed E-state index contributed by atoms with van der Waals surface area (Å²) in [5.41, 5.74) is -2.75. The lowest BCUT2D eigenvalue weighted by Gasteiger charge is -2.38. The minimum absolute atomic E-state index is 0.292. The van der Waals surface area contributed by atoms with Crippen LogP contribution in [0.25, 0.3) is 0 Å². The molecule has 1 aromatic carbocycles. The molecule has 0 bridgehead atoms. The summed E-state index contributed by atoms with van der Waals surface area (Å²) in [4.78, 5) is 0. The van der Waals surface area contributed by atoms with E-state index in [-0.39, 0.29) is 5.60 Å². The maximum absolute atomic E-state index is 6.82. The van der Waals surface area contributed by atoms with Crippen LogP contribution in [-0.2, 0) is 34.3 Å². The first-order valence-electron chi connectivity index (χ1n) is 14.7. The highest BCUT2D eigenvalue weighted by molar-refractivity contribution is 6.89. The molecule has 0 amide bonds. The highest BCUT2D eigenvalue weighted by atomic mass is 16.7. The zero-order valence-electron chi connectivity index (χ0n) is 27.6. The fourth-order valence-electron chi connectivity index (χ4n) is 5.15. The van der Waals surface area contributed by atoms with E-state index in [9.17, 15) is 0 Å². The molecule has 0 saturated carbocycles. The van der Waals surface area contributed by atoms with Gasteiger partial charge < -0.3 is 32.7 Å². The van der Waals surface area contributed by atoms with Gasteiger partial charge >= 0.3 is 21.4 Å². The van der Waals surface area contributed by atoms with Crippen molar-refractivity contribution in [1.29, 1.82) is 0 Å². The Morgan fingerprint density at radius 3 is 1.05 bits per heavy atom. The zero-order chi connectivity index (χ0) is 30.4. The molecular formula is C30H51B3O7. The lowest BCUT2D eigenvalue weighted by Crippen LogP contribution is -2.59. The van der Waals surface area contributed by atoms with Gasteiger partial charge in [0.25, 0.3) is 0 Å². The van der Waals surface area contributed by atoms with Crippen LogP contribution in [0.1, 0.15) is 109 Å². The van der Waals surface area contributed by atoms with Crippen molar-refractivity contribution in [3.63, 3.8) is 0 Å². The van der Waals surface area contributed by atoms with Crippen LogP contribution in [-0.4, -0.2) is 60.6 Å². The summed E-state index contributed by atoms with van der Waals surface area (Å²) in [6, 6.07) is 8.17. The lowest BCUT2D eigenvalue weighted by molar-refractivity contribution is 0.00578. The number of benzene rings is 1. The van der Waals surface area contributed by atoms with Gasteiger partial charge in [0.1, 0.15) is 11.4 Å². The van der Waals surface area contributed by atoms with Gasteiger partial charge in [-0.05, 0) is 128 Å². The van der Waals surface area contributed by atoms with Gasteiger partial charge in [0.2, 0.25) is 0 Å². The van der Waals surface area contributed by atoms with Gasteiger partial charge in [-0.3, -0.25) is 0 Å². The minimum atomic E-state index is -1.02. The Balaban J connectivity index is 1.87. The fraction of sp³-hybridized carbons (Fsp3) is 0.800. The molecule has 7 nitrogen and oxygen atoms in total. The summed E-state index contributed by atoms with van der Waals surface area (Å²) in [5.74, 6) is 0.809. The van der Waals surface area contributed by atoms with E-state index >= 15 is 0 Å². The molecule has 0 aromatic heterocycles. The van der Waals surface area contributed by atoms with Gasteiger partial charge in [-0.25, -0.2) is 0 Å². The summed E-state index contributed by atoms with van der Waals surface area (Å²) < 4.78 is 47.0. The molecule has 1 aromatic rings. The van der Waals surface area contributed by atoms with Gasteiger partial charge in [-0.1, -0.05) is 12.1 Å². The molecule has 0 aliphatic carbocycles. The van der Waals surface area contributed by atoms with Gasteiger partial charge in [0, 0.05) is 0 Å². The third-order valence-corrected chi connectivity index (χ3v) is 9.93. The predicted molar refractivity (Wildman–Crippen MR) is 161 cm³/mol. The van der Waals surface area contributed by atoms with Crippen molar-refractivity contribution in [2.45, 2.75) is 155 Å². The van der Waals surface area contributed by atoms with Crippen molar-refractivity contribution in [3.8, 4) is 5.75 Å². The van der Waals surface area contributed by atoms with Gasteiger partial charge in [0.05, 0.1) is 38.7 Å². The second-order valence-electron chi connectivity index (χ2n) is 15.9. The number of ether oxygens (including phenoxy) is 1. The molecule has 3 heterocycles. The van der Waals surface area contributed by atoms with E-state index < -0.39 is 60.1 Å². The van der Waals surface area contributed by atoms with Crippen molar-refractivity contribution >= 4 is 21.4 Å². The first-order chi connectivity index (χ1) is 17.8. The standard InChI is InChI=1S/C30H51B3O7/c1-23(2,3)34-22-18-16-21(17-19-22)20-30(31-35-24(4,5)25(6,7)36-31,32-37-26(8,9)27(10,11)38-32)33-39-28(12,13)29(14,15)40-33/h16-19H,20H2,1-15H3. The molecular weight excluding hydrogens is 505 g/mol. The monoisotopic (exact) mass is 556 g/mol. The van der Waals surface area contributed by atoms with Crippen molar-refractivity contribution in [2.75, 3.05) is 0 Å². The third-order valence-electron chi connectivity index (χ3n) is 9.93. The van der Waals surface area contributed by atoms with E-state index in [1.165, 1.54) is 0 Å². The first-order valence-corrected chi connectivity index (χ1v) is 14.7. The highest BCUT2D eigenvalue weighted by Crippen LogP contribution is 2.57. The van der Waals surface area contributed by atoms with Gasteiger partial charge in [-0.15, -0.1) is 0 Å². The Morgan fingerprint density at radius 1 is 0.525 bits per heavy atom. The van der Waals surface area contributed by atoms with Crippen LogP contribution < -0.4 is 4.74 Å². The molecule has 3 fully saturated rings. The van der Waals surface area contributed by atoms with E-state index in [0.717, 1.165) is 11.3 Å². The smallest absolute Gasteiger partial charge is 0.460 e. The molecule has 0 N–H and O–H groups in total. The molecule has 222 valence electrons. The van der Waals surface area contributed by atoms with Crippen LogP contribution in [0.15, 0.2) is 24.3 Å². The molecule has 3 aliphatic heterocycles. The van der Waals surface area contributed by atoms with Crippen LogP contribution in [0.3, 0.4) is 0 Å². The van der Waals surface area contributed by atoms with Crippen LogP contribution in [0.4, 0.5) is 0 Å². The van der Waals surface area contributed by atoms with Gasteiger partial charge in [-0.2, -0.15) is 0 Å². The van der Waals surface area contributed by atoms with Gasteiger partial charge in [0.15, 0.2) is 0 Å². The molecule has 3 saturated heterocycles. The van der Waals surface area contributed by atoms with Crippen LogP contribution in [0, 0.1) is 0 Å². The van der Waals surface area contributed by atoms with Crippen LogP contribution in [0.2, 0.25) is 5.11 Å². The molecule has 3 aliphatic rings. The van der Waals surface area contributed by atoms with Crippen molar-refractivity contribution in [1.82, 2.24) is 0 Å². The highest BCUT2D eigenvalue weighted by Gasteiger charge is 2.77. The summed E-state index contributed by atoms with van der Waals surface area (Å²) in [6.45, 7) is 30.9. The third kappa shape index (κ3) is 5.42. The largest absolute Gasteiger partial charge is 0.488 e. The molecule has 0 spiro atoms. The normalized spacial score (nSPS) is 26.4. The maximum Gasteiger partial charge on any atom is 0.460 e. The van der Waals surface area contributed by atoms with E-state index in [4.69, 9.17) is 32.7 Å². The quantitative estimate of drug-likeness (QED) is 0.371. The Bertz CT molecular complexity index is 953. The summed E-state index contributed by atoms with van der Waals surface area (Å²) in [6.07, 6.45) is 0.466. The fourth-order valence-corrected chi connectivity index (χ4v) is 5.15. The molecule has 0 radical (unpaired) electrons. The average molecular weight is 556 g/mol. The van der Waals surface area contributed by atoms with Crippen molar-refractivity contribution < 1.29 is 32.7 Å². The SMILES string of the molecule is CC(C)(C)Oc1ccc(CC(B2OC(C)(C)C(C)(C)O2)(B2OC(C)(C)C(C)(C)O2)B2OC(C)(C)C(C)(C)O2)cc1. The second kappa shape index (κ2) is 9.49. The van der Waals surface area contributed by atoms with Crippen molar-refractivity contribution in [3.05, 3.63) is 29.8 Å². The Labute approximate surface area is 244 Å². The van der Waals surface area contributed by atoms with E-state index in [1.807, 2.05) is 32.9 Å². The predicted octanol–water partition coefficient (Wildman–Crippen LogP) is 6.50. The van der Waals surface area contributed by atoms with E-state index in [1.54, 1.807) is 0 Å². The minimum Gasteiger partial charge on any atom is -0.488 e. The molecule has 10 heteroatoms. The Kier molecular flexibility index (Phi) is 7.57.